The molecule has 0 unspecified atom stereocenters. The number of fused-ring (bicyclic) bond motifs is 8. The topological polar surface area (TPSA) is 8.17 Å². The molecule has 2 nitrogen and oxygen atoms in total. The Morgan fingerprint density at radius 3 is 1.86 bits per heavy atom. The molecule has 0 aliphatic carbocycles. The van der Waals surface area contributed by atoms with E-state index in [1.807, 2.05) is 11.3 Å². The van der Waals surface area contributed by atoms with Crippen molar-refractivity contribution in [2.45, 2.75) is 0 Å². The van der Waals surface area contributed by atoms with Crippen LogP contribution in [0.25, 0.3) is 69.6 Å². The predicted molar refractivity (Wildman–Crippen MR) is 211 cm³/mol. The van der Waals surface area contributed by atoms with E-state index in [1.54, 1.807) is 0 Å². The molecule has 0 fully saturated rings. The number of anilines is 3. The molecule has 0 saturated carbocycles. The van der Waals surface area contributed by atoms with E-state index in [-0.39, 0.29) is 0 Å². The lowest BCUT2D eigenvalue weighted by molar-refractivity contribution is 1.18. The predicted octanol–water partition coefficient (Wildman–Crippen LogP) is 13.4. The lowest BCUT2D eigenvalue weighted by Gasteiger charge is -2.26. The van der Waals surface area contributed by atoms with Crippen molar-refractivity contribution < 1.29 is 0 Å². The number of para-hydroxylation sites is 2. The summed E-state index contributed by atoms with van der Waals surface area (Å²) >= 11 is 1.87. The van der Waals surface area contributed by atoms with Crippen LogP contribution in [0.2, 0.25) is 0 Å². The molecule has 10 rings (SSSR count). The van der Waals surface area contributed by atoms with Crippen molar-refractivity contribution >= 4 is 81.1 Å². The van der Waals surface area contributed by atoms with Crippen molar-refractivity contribution in [2.75, 3.05) is 4.90 Å². The van der Waals surface area contributed by atoms with E-state index in [0.29, 0.717) is 0 Å². The number of nitrogens with zero attached hydrogens (tertiary/aromatic N) is 2. The second-order valence-corrected chi connectivity index (χ2v) is 13.7. The fourth-order valence-electron chi connectivity index (χ4n) is 7.52. The van der Waals surface area contributed by atoms with Crippen molar-refractivity contribution in [3.63, 3.8) is 0 Å². The first-order valence-electron chi connectivity index (χ1n) is 16.7. The van der Waals surface area contributed by atoms with Crippen LogP contribution in [0.3, 0.4) is 0 Å². The standard InChI is InChI=1S/C46H30N2S/c1-3-11-31(12-4-1)32-19-22-35(23-20-32)47(36-24-26-38-33(29-36)21-28-45-46(38)40-16-8-10-18-44(40)49-45)37-25-27-43-41(30-37)39-15-7-9-17-42(39)48(43)34-13-5-2-6-14-34/h1-30H. The maximum absolute atomic E-state index is 2.40. The molecule has 230 valence electrons. The number of thiophene rings is 1. The Morgan fingerprint density at radius 1 is 0.388 bits per heavy atom. The van der Waals surface area contributed by atoms with Crippen molar-refractivity contribution in [3.05, 3.63) is 182 Å². The summed E-state index contributed by atoms with van der Waals surface area (Å²) in [6.45, 7) is 0. The van der Waals surface area contributed by atoms with E-state index in [1.165, 1.54) is 63.9 Å². The van der Waals surface area contributed by atoms with E-state index < -0.39 is 0 Å². The maximum Gasteiger partial charge on any atom is 0.0542 e. The van der Waals surface area contributed by atoms with Gasteiger partial charge in [0.1, 0.15) is 0 Å². The van der Waals surface area contributed by atoms with Gasteiger partial charge in [0.25, 0.3) is 0 Å². The van der Waals surface area contributed by atoms with E-state index in [0.717, 1.165) is 22.7 Å². The molecule has 0 spiro atoms. The molecule has 0 saturated heterocycles. The van der Waals surface area contributed by atoms with Gasteiger partial charge in [0.05, 0.1) is 11.0 Å². The first kappa shape index (κ1) is 27.9. The van der Waals surface area contributed by atoms with Crippen LogP contribution in [0.4, 0.5) is 17.1 Å². The van der Waals surface area contributed by atoms with Crippen LogP contribution in [0.15, 0.2) is 182 Å². The van der Waals surface area contributed by atoms with Crippen molar-refractivity contribution in [1.29, 1.82) is 0 Å². The molecule has 0 aliphatic rings. The van der Waals surface area contributed by atoms with Crippen LogP contribution in [-0.4, -0.2) is 4.57 Å². The summed E-state index contributed by atoms with van der Waals surface area (Å²) in [5.74, 6) is 0. The largest absolute Gasteiger partial charge is 0.310 e. The Bertz CT molecular complexity index is 2810. The summed E-state index contributed by atoms with van der Waals surface area (Å²) in [5, 5.41) is 7.68. The molecule has 0 N–H and O–H groups in total. The molecular weight excluding hydrogens is 613 g/mol. The second-order valence-electron chi connectivity index (χ2n) is 12.6. The summed E-state index contributed by atoms with van der Waals surface area (Å²) in [7, 11) is 0. The summed E-state index contributed by atoms with van der Waals surface area (Å²) < 4.78 is 5.03. The first-order valence-corrected chi connectivity index (χ1v) is 17.5. The average Bonchev–Trinajstić information content (AvgIpc) is 3.72. The maximum atomic E-state index is 2.40. The lowest BCUT2D eigenvalue weighted by atomic mass is 10.0. The monoisotopic (exact) mass is 642 g/mol. The molecule has 2 aromatic heterocycles. The van der Waals surface area contributed by atoms with Gasteiger partial charge in [0.2, 0.25) is 0 Å². The molecule has 0 amide bonds. The van der Waals surface area contributed by atoms with Gasteiger partial charge in [-0.05, 0) is 94.7 Å². The third-order valence-corrected chi connectivity index (χ3v) is 10.9. The van der Waals surface area contributed by atoms with Crippen molar-refractivity contribution in [2.24, 2.45) is 0 Å². The highest BCUT2D eigenvalue weighted by Crippen LogP contribution is 2.43. The highest BCUT2D eigenvalue weighted by Gasteiger charge is 2.18. The van der Waals surface area contributed by atoms with Gasteiger partial charge in [-0.1, -0.05) is 109 Å². The molecule has 49 heavy (non-hydrogen) atoms. The Labute approximate surface area is 288 Å². The van der Waals surface area contributed by atoms with E-state index in [2.05, 4.69) is 191 Å². The minimum atomic E-state index is 1.12. The quantitative estimate of drug-likeness (QED) is 0.181. The molecule has 0 aliphatic heterocycles. The van der Waals surface area contributed by atoms with Gasteiger partial charge >= 0.3 is 0 Å². The summed E-state index contributed by atoms with van der Waals surface area (Å²) in [6, 6.07) is 66.2. The van der Waals surface area contributed by atoms with Crippen molar-refractivity contribution in [3.8, 4) is 16.8 Å². The lowest BCUT2D eigenvalue weighted by Crippen LogP contribution is -2.10. The van der Waals surface area contributed by atoms with Crippen LogP contribution in [-0.2, 0) is 0 Å². The number of hydrogen-bond acceptors (Lipinski definition) is 2. The smallest absolute Gasteiger partial charge is 0.0542 e. The second kappa shape index (κ2) is 11.2. The normalized spacial score (nSPS) is 11.7. The summed E-state index contributed by atoms with van der Waals surface area (Å²) in [5.41, 5.74) is 9.36. The van der Waals surface area contributed by atoms with Gasteiger partial charge in [-0.2, -0.15) is 0 Å². The van der Waals surface area contributed by atoms with Gasteiger partial charge in [-0.25, -0.2) is 0 Å². The van der Waals surface area contributed by atoms with Crippen LogP contribution >= 0.6 is 11.3 Å². The minimum Gasteiger partial charge on any atom is -0.310 e. The molecular formula is C46H30N2S. The van der Waals surface area contributed by atoms with E-state index in [9.17, 15) is 0 Å². The Balaban J connectivity index is 1.18. The van der Waals surface area contributed by atoms with Crippen LogP contribution in [0, 0.1) is 0 Å². The summed E-state index contributed by atoms with van der Waals surface area (Å²) in [6.07, 6.45) is 0. The molecule has 2 heterocycles. The zero-order chi connectivity index (χ0) is 32.3. The third kappa shape index (κ3) is 4.55. The molecule has 10 aromatic rings. The SMILES string of the molecule is c1ccc(-c2ccc(N(c3ccc4c(ccc5sc6ccccc6c54)c3)c3ccc4c(c3)c3ccccc3n4-c3ccccc3)cc2)cc1. The van der Waals surface area contributed by atoms with Crippen LogP contribution in [0.5, 0.6) is 0 Å². The highest BCUT2D eigenvalue weighted by molar-refractivity contribution is 7.26. The molecule has 0 radical (unpaired) electrons. The van der Waals surface area contributed by atoms with Gasteiger partial charge < -0.3 is 9.47 Å². The molecule has 8 aromatic carbocycles. The fourth-order valence-corrected chi connectivity index (χ4v) is 8.64. The van der Waals surface area contributed by atoms with Crippen LogP contribution < -0.4 is 4.90 Å². The van der Waals surface area contributed by atoms with Gasteiger partial charge in [0, 0.05) is 53.7 Å². The summed E-state index contributed by atoms with van der Waals surface area (Å²) in [4.78, 5) is 2.40. The zero-order valence-electron chi connectivity index (χ0n) is 26.6. The van der Waals surface area contributed by atoms with E-state index >= 15 is 0 Å². The minimum absolute atomic E-state index is 1.12. The molecule has 0 bridgehead atoms. The van der Waals surface area contributed by atoms with Gasteiger partial charge in [-0.15, -0.1) is 11.3 Å². The zero-order valence-corrected chi connectivity index (χ0v) is 27.4. The number of aromatic nitrogens is 1. The van der Waals surface area contributed by atoms with E-state index in [4.69, 9.17) is 0 Å². The van der Waals surface area contributed by atoms with Crippen molar-refractivity contribution in [1.82, 2.24) is 4.57 Å². The molecule has 3 heteroatoms. The highest BCUT2D eigenvalue weighted by atomic mass is 32.1. The first-order chi connectivity index (χ1) is 24.3. The number of rotatable bonds is 5. The average molecular weight is 643 g/mol. The number of benzene rings is 8. The third-order valence-electron chi connectivity index (χ3n) is 9.76. The van der Waals surface area contributed by atoms with Gasteiger partial charge in [0.15, 0.2) is 0 Å². The van der Waals surface area contributed by atoms with Gasteiger partial charge in [-0.3, -0.25) is 0 Å². The Kier molecular flexibility index (Phi) is 6.39. The molecule has 0 atom stereocenters. The van der Waals surface area contributed by atoms with Crippen LogP contribution in [0.1, 0.15) is 0 Å². The fraction of sp³-hybridized carbons (Fsp3) is 0. The Hall–Kier alpha value is -6.16. The number of hydrogen-bond donors (Lipinski definition) is 0. The Morgan fingerprint density at radius 2 is 1.02 bits per heavy atom.